The fourth-order valence-electron chi connectivity index (χ4n) is 3.29. The van der Waals surface area contributed by atoms with Crippen LogP contribution in [-0.2, 0) is 13.1 Å². The topological polar surface area (TPSA) is 66.2 Å². The highest BCUT2D eigenvalue weighted by Gasteiger charge is 2.30. The minimum absolute atomic E-state index is 0.217. The molecule has 24 heavy (non-hydrogen) atoms. The Hall–Kier alpha value is -1.76. The Morgan fingerprint density at radius 1 is 1.33 bits per heavy atom. The highest BCUT2D eigenvalue weighted by Crippen LogP contribution is 2.20. The first kappa shape index (κ1) is 17.1. The zero-order valence-corrected chi connectivity index (χ0v) is 14.3. The maximum atomic E-state index is 10.1. The van der Waals surface area contributed by atoms with Crippen molar-refractivity contribution >= 4 is 0 Å². The van der Waals surface area contributed by atoms with E-state index in [1.807, 2.05) is 10.7 Å². The molecule has 0 radical (unpaired) electrons. The quantitative estimate of drug-likeness (QED) is 0.764. The molecule has 3 unspecified atom stereocenters. The normalized spacial score (nSPS) is 22.8. The average Bonchev–Trinajstić information content (AvgIpc) is 3.22. The molecule has 0 saturated carbocycles. The minimum atomic E-state index is -0.217. The number of hydrogen-bond acceptors (Lipinski definition) is 5. The Morgan fingerprint density at radius 3 is 2.92 bits per heavy atom. The highest BCUT2D eigenvalue weighted by molar-refractivity contribution is 5.15. The summed E-state index contributed by atoms with van der Waals surface area (Å²) in [7, 11) is 0. The van der Waals surface area contributed by atoms with Gasteiger partial charge in [0.1, 0.15) is 12.7 Å². The van der Waals surface area contributed by atoms with Crippen LogP contribution < -0.4 is 5.32 Å². The first-order valence-corrected chi connectivity index (χ1v) is 8.72. The van der Waals surface area contributed by atoms with Crippen LogP contribution in [0.3, 0.4) is 0 Å². The van der Waals surface area contributed by atoms with Crippen LogP contribution in [-0.4, -0.2) is 56.0 Å². The molecular weight excluding hydrogens is 302 g/mol. The van der Waals surface area contributed by atoms with E-state index in [2.05, 4.69) is 51.5 Å². The van der Waals surface area contributed by atoms with Gasteiger partial charge in [-0.3, -0.25) is 9.58 Å². The molecule has 130 valence electrons. The third-order valence-corrected chi connectivity index (χ3v) is 4.69. The van der Waals surface area contributed by atoms with E-state index < -0.39 is 0 Å². The molecule has 1 fully saturated rings. The Kier molecular flexibility index (Phi) is 5.96. The van der Waals surface area contributed by atoms with Crippen molar-refractivity contribution in [3.63, 3.8) is 0 Å². The van der Waals surface area contributed by atoms with Gasteiger partial charge >= 0.3 is 0 Å². The van der Waals surface area contributed by atoms with Crippen LogP contribution in [0.15, 0.2) is 43.0 Å². The van der Waals surface area contributed by atoms with Crippen molar-refractivity contribution in [3.8, 4) is 0 Å². The zero-order valence-electron chi connectivity index (χ0n) is 14.3. The maximum absolute atomic E-state index is 10.1. The number of aryl methyl sites for hydroxylation is 1. The molecule has 1 aliphatic rings. The van der Waals surface area contributed by atoms with Crippen molar-refractivity contribution in [1.29, 1.82) is 0 Å². The summed E-state index contributed by atoms with van der Waals surface area (Å²) in [5, 5.41) is 17.8. The lowest BCUT2D eigenvalue weighted by Crippen LogP contribution is -2.41. The highest BCUT2D eigenvalue weighted by atomic mass is 16.3. The predicted octanol–water partition coefficient (Wildman–Crippen LogP) is 1.28. The van der Waals surface area contributed by atoms with Gasteiger partial charge in [-0.05, 0) is 25.3 Å². The van der Waals surface area contributed by atoms with E-state index >= 15 is 0 Å². The second-order valence-electron chi connectivity index (χ2n) is 6.71. The molecule has 0 amide bonds. The van der Waals surface area contributed by atoms with Crippen molar-refractivity contribution in [2.45, 2.75) is 51.0 Å². The molecule has 0 bridgehead atoms. The van der Waals surface area contributed by atoms with Gasteiger partial charge in [0.25, 0.3) is 0 Å². The summed E-state index contributed by atoms with van der Waals surface area (Å²) in [5.74, 6) is 0. The van der Waals surface area contributed by atoms with E-state index in [0.29, 0.717) is 12.1 Å². The predicted molar refractivity (Wildman–Crippen MR) is 93.4 cm³/mol. The number of hydrogen-bond donors (Lipinski definition) is 2. The summed E-state index contributed by atoms with van der Waals surface area (Å²) in [6.45, 7) is 5.63. The van der Waals surface area contributed by atoms with E-state index in [0.717, 1.165) is 39.0 Å². The number of nitrogens with one attached hydrogen (secondary N) is 1. The number of benzene rings is 1. The fourth-order valence-corrected chi connectivity index (χ4v) is 3.29. The van der Waals surface area contributed by atoms with E-state index in [9.17, 15) is 5.11 Å². The van der Waals surface area contributed by atoms with Gasteiger partial charge in [-0.2, -0.15) is 5.10 Å². The first-order valence-electron chi connectivity index (χ1n) is 8.72. The molecule has 2 heterocycles. The molecule has 1 saturated heterocycles. The number of aliphatic hydroxyl groups is 1. The monoisotopic (exact) mass is 329 g/mol. The molecule has 0 aliphatic carbocycles. The Labute approximate surface area is 143 Å². The summed E-state index contributed by atoms with van der Waals surface area (Å²) in [5.41, 5.74) is 1.30. The number of aliphatic hydroxyl groups excluding tert-OH is 1. The third-order valence-electron chi connectivity index (χ3n) is 4.69. The number of likely N-dealkylation sites (tertiary alicyclic amines) is 1. The minimum Gasteiger partial charge on any atom is -0.392 e. The largest absolute Gasteiger partial charge is 0.392 e. The molecule has 2 aromatic rings. The standard InChI is InChI=1S/C18H27N5O/c1-15(7-8-23-14-19-13-21-23)20-10-17-9-18(24)12-22(17)11-16-5-3-2-4-6-16/h2-6,13-15,17-18,20,24H,7-12H2,1H3. The van der Waals surface area contributed by atoms with Crippen molar-refractivity contribution < 1.29 is 5.11 Å². The summed E-state index contributed by atoms with van der Waals surface area (Å²) < 4.78 is 1.86. The van der Waals surface area contributed by atoms with Gasteiger partial charge in [0, 0.05) is 38.3 Å². The molecule has 3 atom stereocenters. The van der Waals surface area contributed by atoms with E-state index in [1.165, 1.54) is 5.56 Å². The summed E-state index contributed by atoms with van der Waals surface area (Å²) >= 11 is 0. The molecule has 1 aromatic heterocycles. The lowest BCUT2D eigenvalue weighted by Gasteiger charge is -2.26. The van der Waals surface area contributed by atoms with Gasteiger partial charge in [0.15, 0.2) is 0 Å². The van der Waals surface area contributed by atoms with Crippen LogP contribution in [0.5, 0.6) is 0 Å². The van der Waals surface area contributed by atoms with E-state index in [4.69, 9.17) is 0 Å². The number of nitrogens with zero attached hydrogens (tertiary/aromatic N) is 4. The fraction of sp³-hybridized carbons (Fsp3) is 0.556. The molecule has 1 aromatic carbocycles. The SMILES string of the molecule is CC(CCn1cncn1)NCC1CC(O)CN1Cc1ccccc1. The average molecular weight is 329 g/mol. The maximum Gasteiger partial charge on any atom is 0.137 e. The summed E-state index contributed by atoms with van der Waals surface area (Å²) in [6.07, 6.45) is 4.96. The van der Waals surface area contributed by atoms with Crippen molar-refractivity contribution in [2.24, 2.45) is 0 Å². The van der Waals surface area contributed by atoms with Gasteiger partial charge in [-0.25, -0.2) is 4.98 Å². The Balaban J connectivity index is 1.45. The van der Waals surface area contributed by atoms with Gasteiger partial charge in [0.2, 0.25) is 0 Å². The smallest absolute Gasteiger partial charge is 0.137 e. The second kappa shape index (κ2) is 8.37. The zero-order chi connectivity index (χ0) is 16.8. The Bertz CT molecular complexity index is 589. The third kappa shape index (κ3) is 4.87. The molecule has 6 heteroatoms. The van der Waals surface area contributed by atoms with Crippen molar-refractivity contribution in [3.05, 3.63) is 48.5 Å². The van der Waals surface area contributed by atoms with Crippen LogP contribution in [0.4, 0.5) is 0 Å². The van der Waals surface area contributed by atoms with Crippen LogP contribution >= 0.6 is 0 Å². The summed E-state index contributed by atoms with van der Waals surface area (Å²) in [6, 6.07) is 11.3. The molecular formula is C18H27N5O. The Morgan fingerprint density at radius 2 is 2.17 bits per heavy atom. The molecule has 2 N–H and O–H groups in total. The summed E-state index contributed by atoms with van der Waals surface area (Å²) in [4.78, 5) is 6.35. The number of aromatic nitrogens is 3. The van der Waals surface area contributed by atoms with E-state index in [1.54, 1.807) is 12.7 Å². The lowest BCUT2D eigenvalue weighted by atomic mass is 10.1. The molecule has 0 spiro atoms. The lowest BCUT2D eigenvalue weighted by molar-refractivity contribution is 0.172. The number of β-amino-alcohol motifs (C(OH)–C–C–N with tert-alkyl or cyclic N) is 1. The van der Waals surface area contributed by atoms with Gasteiger partial charge in [0.05, 0.1) is 6.10 Å². The number of rotatable bonds is 8. The van der Waals surface area contributed by atoms with E-state index in [-0.39, 0.29) is 6.10 Å². The van der Waals surface area contributed by atoms with Crippen LogP contribution in [0.25, 0.3) is 0 Å². The van der Waals surface area contributed by atoms with Gasteiger partial charge in [-0.15, -0.1) is 0 Å². The van der Waals surface area contributed by atoms with Crippen LogP contribution in [0.1, 0.15) is 25.3 Å². The van der Waals surface area contributed by atoms with Gasteiger partial charge < -0.3 is 10.4 Å². The van der Waals surface area contributed by atoms with Gasteiger partial charge in [-0.1, -0.05) is 30.3 Å². The molecule has 1 aliphatic heterocycles. The first-order chi connectivity index (χ1) is 11.7. The van der Waals surface area contributed by atoms with Crippen LogP contribution in [0, 0.1) is 0 Å². The molecule has 6 nitrogen and oxygen atoms in total. The van der Waals surface area contributed by atoms with Crippen molar-refractivity contribution in [2.75, 3.05) is 13.1 Å². The van der Waals surface area contributed by atoms with Crippen LogP contribution in [0.2, 0.25) is 0 Å². The molecule has 3 rings (SSSR count). The van der Waals surface area contributed by atoms with Crippen molar-refractivity contribution in [1.82, 2.24) is 25.0 Å². The second-order valence-corrected chi connectivity index (χ2v) is 6.71.